The Morgan fingerprint density at radius 1 is 0.793 bits per heavy atom. The van der Waals surface area contributed by atoms with E-state index in [0.29, 0.717) is 0 Å². The van der Waals surface area contributed by atoms with Gasteiger partial charge >= 0.3 is 0 Å². The SMILES string of the molecule is Cc1ccc(-n2cc3c(-c4cnn(-c5ccccc5)c4C)nnc(C)c3n2)cc1. The third kappa shape index (κ3) is 2.89. The summed E-state index contributed by atoms with van der Waals surface area (Å²) in [6.45, 7) is 6.06. The highest BCUT2D eigenvalue weighted by molar-refractivity contribution is 5.93. The van der Waals surface area contributed by atoms with Crippen LogP contribution >= 0.6 is 0 Å². The fourth-order valence-electron chi connectivity index (χ4n) is 3.54. The minimum atomic E-state index is 0.795. The van der Waals surface area contributed by atoms with Gasteiger partial charge in [0.15, 0.2) is 0 Å². The van der Waals surface area contributed by atoms with Crippen molar-refractivity contribution < 1.29 is 0 Å². The predicted octanol–water partition coefficient (Wildman–Crippen LogP) is 4.59. The van der Waals surface area contributed by atoms with Crippen LogP contribution in [-0.2, 0) is 0 Å². The number of para-hydroxylation sites is 1. The molecule has 29 heavy (non-hydrogen) atoms. The van der Waals surface area contributed by atoms with Crippen LogP contribution in [0.2, 0.25) is 0 Å². The van der Waals surface area contributed by atoms with Gasteiger partial charge in [0.05, 0.1) is 34.3 Å². The zero-order chi connectivity index (χ0) is 20.0. The molecule has 0 radical (unpaired) electrons. The van der Waals surface area contributed by atoms with Crippen molar-refractivity contribution in [3.05, 3.63) is 83.9 Å². The van der Waals surface area contributed by atoms with Crippen LogP contribution in [0.4, 0.5) is 0 Å². The first kappa shape index (κ1) is 17.3. The van der Waals surface area contributed by atoms with Gasteiger partial charge in [-0.05, 0) is 45.0 Å². The molecule has 0 amide bonds. The Hall–Kier alpha value is -3.80. The molecular weight excluding hydrogens is 360 g/mol. The summed E-state index contributed by atoms with van der Waals surface area (Å²) >= 11 is 0. The Labute approximate surface area is 168 Å². The van der Waals surface area contributed by atoms with Gasteiger partial charge in [-0.25, -0.2) is 9.36 Å². The highest BCUT2D eigenvalue weighted by Gasteiger charge is 2.18. The van der Waals surface area contributed by atoms with Gasteiger partial charge < -0.3 is 0 Å². The molecule has 3 heterocycles. The largest absolute Gasteiger partial charge is 0.240 e. The molecule has 0 fully saturated rings. The van der Waals surface area contributed by atoms with E-state index in [-0.39, 0.29) is 0 Å². The number of hydrogen-bond acceptors (Lipinski definition) is 4. The monoisotopic (exact) mass is 380 g/mol. The normalized spacial score (nSPS) is 11.3. The van der Waals surface area contributed by atoms with E-state index in [1.807, 2.05) is 65.9 Å². The number of rotatable bonds is 3. The van der Waals surface area contributed by atoms with E-state index in [2.05, 4.69) is 46.5 Å². The lowest BCUT2D eigenvalue weighted by Crippen LogP contribution is -1.99. The Bertz CT molecular complexity index is 1310. The van der Waals surface area contributed by atoms with Crippen molar-refractivity contribution in [2.75, 3.05) is 0 Å². The zero-order valence-corrected chi connectivity index (χ0v) is 16.5. The molecule has 0 saturated carbocycles. The Morgan fingerprint density at radius 3 is 2.31 bits per heavy atom. The summed E-state index contributed by atoms with van der Waals surface area (Å²) in [7, 11) is 0. The van der Waals surface area contributed by atoms with Gasteiger partial charge in [-0.1, -0.05) is 35.9 Å². The number of hydrogen-bond donors (Lipinski definition) is 0. The van der Waals surface area contributed by atoms with Crippen LogP contribution in [-0.4, -0.2) is 29.8 Å². The van der Waals surface area contributed by atoms with Crippen molar-refractivity contribution in [2.24, 2.45) is 0 Å². The van der Waals surface area contributed by atoms with E-state index < -0.39 is 0 Å². The van der Waals surface area contributed by atoms with E-state index >= 15 is 0 Å². The molecule has 5 aromatic rings. The van der Waals surface area contributed by atoms with E-state index in [0.717, 1.165) is 44.9 Å². The molecule has 0 aliphatic carbocycles. The molecule has 0 spiro atoms. The summed E-state index contributed by atoms with van der Waals surface area (Å²) in [5, 5.41) is 19.2. The molecular formula is C23H20N6. The second-order valence-electron chi connectivity index (χ2n) is 7.20. The number of fused-ring (bicyclic) bond motifs is 1. The van der Waals surface area contributed by atoms with Crippen LogP contribution in [0.3, 0.4) is 0 Å². The van der Waals surface area contributed by atoms with Crippen molar-refractivity contribution in [2.45, 2.75) is 20.8 Å². The molecule has 0 aliphatic rings. The third-order valence-electron chi connectivity index (χ3n) is 5.18. The summed E-state index contributed by atoms with van der Waals surface area (Å²) in [6.07, 6.45) is 3.88. The highest BCUT2D eigenvalue weighted by atomic mass is 15.3. The van der Waals surface area contributed by atoms with Crippen molar-refractivity contribution in [1.82, 2.24) is 29.8 Å². The van der Waals surface area contributed by atoms with E-state index in [4.69, 9.17) is 5.10 Å². The highest BCUT2D eigenvalue weighted by Crippen LogP contribution is 2.30. The second kappa shape index (κ2) is 6.67. The minimum absolute atomic E-state index is 0.795. The number of benzene rings is 2. The summed E-state index contributed by atoms with van der Waals surface area (Å²) in [6, 6.07) is 18.4. The first-order chi connectivity index (χ1) is 14.1. The van der Waals surface area contributed by atoms with Crippen molar-refractivity contribution >= 4 is 10.9 Å². The average Bonchev–Trinajstić information content (AvgIpc) is 3.35. The molecule has 2 aromatic carbocycles. The lowest BCUT2D eigenvalue weighted by molar-refractivity contribution is 0.847. The quantitative estimate of drug-likeness (QED) is 0.459. The van der Waals surface area contributed by atoms with Crippen molar-refractivity contribution in [1.29, 1.82) is 0 Å². The molecule has 0 unspecified atom stereocenters. The number of aromatic nitrogens is 6. The third-order valence-corrected chi connectivity index (χ3v) is 5.18. The van der Waals surface area contributed by atoms with Gasteiger partial charge in [0.25, 0.3) is 0 Å². The van der Waals surface area contributed by atoms with Gasteiger partial charge in [0.2, 0.25) is 0 Å². The van der Waals surface area contributed by atoms with Gasteiger partial charge in [-0.2, -0.15) is 15.3 Å². The number of aryl methyl sites for hydroxylation is 2. The van der Waals surface area contributed by atoms with Crippen LogP contribution in [0.25, 0.3) is 33.5 Å². The summed E-state index contributed by atoms with van der Waals surface area (Å²) in [5.41, 5.74) is 7.66. The van der Waals surface area contributed by atoms with Crippen LogP contribution in [0.5, 0.6) is 0 Å². The molecule has 6 nitrogen and oxygen atoms in total. The van der Waals surface area contributed by atoms with Gasteiger partial charge in [0, 0.05) is 11.8 Å². The zero-order valence-electron chi connectivity index (χ0n) is 16.5. The molecule has 0 N–H and O–H groups in total. The molecule has 6 heteroatoms. The fourth-order valence-corrected chi connectivity index (χ4v) is 3.54. The van der Waals surface area contributed by atoms with Gasteiger partial charge in [-0.3, -0.25) is 0 Å². The maximum Gasteiger partial charge on any atom is 0.118 e. The predicted molar refractivity (Wildman–Crippen MR) is 113 cm³/mol. The van der Waals surface area contributed by atoms with Crippen LogP contribution in [0, 0.1) is 20.8 Å². The fraction of sp³-hybridized carbons (Fsp3) is 0.130. The molecule has 0 atom stereocenters. The molecule has 142 valence electrons. The average molecular weight is 380 g/mol. The molecule has 0 aliphatic heterocycles. The van der Waals surface area contributed by atoms with Crippen molar-refractivity contribution in [3.63, 3.8) is 0 Å². The smallest absolute Gasteiger partial charge is 0.118 e. The van der Waals surface area contributed by atoms with E-state index in [9.17, 15) is 0 Å². The second-order valence-corrected chi connectivity index (χ2v) is 7.20. The maximum atomic E-state index is 4.78. The Kier molecular flexibility index (Phi) is 3.98. The Balaban J connectivity index is 1.67. The van der Waals surface area contributed by atoms with Gasteiger partial charge in [-0.15, -0.1) is 5.10 Å². The van der Waals surface area contributed by atoms with E-state index in [1.54, 1.807) is 0 Å². The van der Waals surface area contributed by atoms with Crippen LogP contribution in [0.15, 0.2) is 67.0 Å². The summed E-state index contributed by atoms with van der Waals surface area (Å²) in [4.78, 5) is 0. The topological polar surface area (TPSA) is 61.4 Å². The maximum absolute atomic E-state index is 4.78. The van der Waals surface area contributed by atoms with Gasteiger partial charge in [0.1, 0.15) is 11.2 Å². The summed E-state index contributed by atoms with van der Waals surface area (Å²) < 4.78 is 3.81. The number of nitrogens with zero attached hydrogens (tertiary/aromatic N) is 6. The molecule has 0 saturated heterocycles. The lowest BCUT2D eigenvalue weighted by atomic mass is 10.1. The van der Waals surface area contributed by atoms with E-state index in [1.165, 1.54) is 5.56 Å². The first-order valence-corrected chi connectivity index (χ1v) is 9.52. The minimum Gasteiger partial charge on any atom is -0.240 e. The van der Waals surface area contributed by atoms with Crippen molar-refractivity contribution in [3.8, 4) is 22.6 Å². The molecule has 3 aromatic heterocycles. The summed E-state index contributed by atoms with van der Waals surface area (Å²) in [5.74, 6) is 0. The molecule has 5 rings (SSSR count). The molecule has 0 bridgehead atoms. The lowest BCUT2D eigenvalue weighted by Gasteiger charge is -2.05. The van der Waals surface area contributed by atoms with Crippen LogP contribution < -0.4 is 0 Å². The first-order valence-electron chi connectivity index (χ1n) is 9.52. The standard InChI is InChI=1S/C23H20N6/c1-15-9-11-18(12-10-15)28-14-21-22(27-28)16(2)25-26-23(21)20-13-24-29(17(20)3)19-7-5-4-6-8-19/h4-14H,1-3H3. The van der Waals surface area contributed by atoms with Crippen LogP contribution in [0.1, 0.15) is 17.0 Å². The Morgan fingerprint density at radius 2 is 1.55 bits per heavy atom.